The Morgan fingerprint density at radius 2 is 2.19 bits per heavy atom. The molecule has 0 bridgehead atoms. The molecule has 2 aromatic rings. The van der Waals surface area contributed by atoms with Crippen molar-refractivity contribution >= 4 is 39.8 Å². The highest BCUT2D eigenvalue weighted by Crippen LogP contribution is 2.27. The number of hydrogen-bond acceptors (Lipinski definition) is 7. The first-order valence-corrected chi connectivity index (χ1v) is 10.9. The minimum atomic E-state index is -0.538. The second-order valence-electron chi connectivity index (χ2n) is 6.70. The van der Waals surface area contributed by atoms with Crippen LogP contribution in [-0.4, -0.2) is 40.1 Å². The number of aromatic nitrogens is 1. The molecule has 0 atom stereocenters. The van der Waals surface area contributed by atoms with Gasteiger partial charge in [-0.15, -0.1) is 23.1 Å². The lowest BCUT2D eigenvalue weighted by molar-refractivity contribution is -0.385. The Morgan fingerprint density at radius 1 is 1.44 bits per heavy atom. The minimum Gasteiger partial charge on any atom is -0.298 e. The summed E-state index contributed by atoms with van der Waals surface area (Å²) < 4.78 is 0. The summed E-state index contributed by atoms with van der Waals surface area (Å²) in [5.74, 6) is 0.268. The van der Waals surface area contributed by atoms with E-state index in [2.05, 4.69) is 22.1 Å². The molecule has 1 aliphatic heterocycles. The number of nitro benzene ring substituents is 1. The fourth-order valence-corrected chi connectivity index (χ4v) is 4.17. The zero-order valence-electron chi connectivity index (χ0n) is 15.3. The Balaban J connectivity index is 1.68. The average Bonchev–Trinajstić information content (AvgIpc) is 3.09. The molecule has 0 saturated carbocycles. The highest BCUT2D eigenvalue weighted by molar-refractivity contribution is 7.98. The number of hydrogen-bond donors (Lipinski definition) is 1. The largest absolute Gasteiger partial charge is 0.298 e. The van der Waals surface area contributed by atoms with Crippen LogP contribution in [0, 0.1) is 16.0 Å². The number of nitrogens with one attached hydrogen (secondary N) is 1. The number of thiazole rings is 1. The predicted molar refractivity (Wildman–Crippen MR) is 109 cm³/mol. The number of carbonyl (C=O) groups is 1. The summed E-state index contributed by atoms with van der Waals surface area (Å²) in [6, 6.07) is 4.55. The van der Waals surface area contributed by atoms with Crippen LogP contribution in [0.1, 0.15) is 35.8 Å². The van der Waals surface area contributed by atoms with Crippen molar-refractivity contribution in [1.82, 2.24) is 9.88 Å². The molecule has 9 heteroatoms. The topological polar surface area (TPSA) is 88.4 Å². The van der Waals surface area contributed by atoms with E-state index in [0.717, 1.165) is 36.1 Å². The molecule has 0 spiro atoms. The fourth-order valence-electron chi connectivity index (χ4n) is 3.03. The Hall–Kier alpha value is -1.97. The zero-order chi connectivity index (χ0) is 19.4. The Kier molecular flexibility index (Phi) is 6.46. The summed E-state index contributed by atoms with van der Waals surface area (Å²) in [6.45, 7) is 5.17. The lowest BCUT2D eigenvalue weighted by Crippen LogP contribution is -2.32. The van der Waals surface area contributed by atoms with Gasteiger partial charge in [0.2, 0.25) is 0 Å². The number of likely N-dealkylation sites (tertiary alicyclic amines) is 1. The van der Waals surface area contributed by atoms with Crippen molar-refractivity contribution in [1.29, 1.82) is 0 Å². The van der Waals surface area contributed by atoms with Gasteiger partial charge in [-0.05, 0) is 50.2 Å². The lowest BCUT2D eigenvalue weighted by atomic mass is 9.99. The molecule has 1 saturated heterocycles. The van der Waals surface area contributed by atoms with E-state index in [1.165, 1.54) is 42.0 Å². The monoisotopic (exact) mass is 406 g/mol. The molecule has 0 radical (unpaired) electrons. The Labute approximate surface area is 166 Å². The van der Waals surface area contributed by atoms with E-state index in [1.807, 2.05) is 11.6 Å². The van der Waals surface area contributed by atoms with Gasteiger partial charge in [0.1, 0.15) is 5.56 Å². The first-order chi connectivity index (χ1) is 13.0. The Morgan fingerprint density at radius 3 is 2.85 bits per heavy atom. The van der Waals surface area contributed by atoms with Crippen LogP contribution in [0.2, 0.25) is 0 Å². The molecule has 7 nitrogen and oxygen atoms in total. The van der Waals surface area contributed by atoms with Gasteiger partial charge < -0.3 is 0 Å². The van der Waals surface area contributed by atoms with Crippen molar-refractivity contribution in [3.63, 3.8) is 0 Å². The van der Waals surface area contributed by atoms with E-state index in [4.69, 9.17) is 0 Å². The van der Waals surface area contributed by atoms with Crippen molar-refractivity contribution in [2.45, 2.75) is 31.2 Å². The molecule has 144 valence electrons. The molecule has 1 aromatic heterocycles. The van der Waals surface area contributed by atoms with Crippen LogP contribution in [0.15, 0.2) is 28.5 Å². The summed E-state index contributed by atoms with van der Waals surface area (Å²) in [4.78, 5) is 30.9. The molecule has 1 fully saturated rings. The highest BCUT2D eigenvalue weighted by atomic mass is 32.2. The van der Waals surface area contributed by atoms with Crippen molar-refractivity contribution in [3.8, 4) is 0 Å². The SMILES string of the molecule is CSc1ccc([N+](=O)[O-])c(C(=O)Nc2nc(CN3CCC(C)CC3)cs2)c1. The first-order valence-electron chi connectivity index (χ1n) is 8.77. The van der Waals surface area contributed by atoms with Gasteiger partial charge in [0.05, 0.1) is 10.6 Å². The smallest absolute Gasteiger partial charge is 0.282 e. The van der Waals surface area contributed by atoms with E-state index in [9.17, 15) is 14.9 Å². The number of thioether (sulfide) groups is 1. The molecule has 3 rings (SSSR count). The van der Waals surface area contributed by atoms with E-state index in [1.54, 1.807) is 12.1 Å². The summed E-state index contributed by atoms with van der Waals surface area (Å²) >= 11 is 2.77. The average molecular weight is 407 g/mol. The summed E-state index contributed by atoms with van der Waals surface area (Å²) in [6.07, 6.45) is 4.25. The van der Waals surface area contributed by atoms with Gasteiger partial charge in [-0.25, -0.2) is 4.98 Å². The van der Waals surface area contributed by atoms with Crippen molar-refractivity contribution in [3.05, 3.63) is 45.0 Å². The number of nitro groups is 1. The van der Waals surface area contributed by atoms with Gasteiger partial charge in [0.25, 0.3) is 11.6 Å². The molecule has 1 aliphatic rings. The third kappa shape index (κ3) is 5.06. The van der Waals surface area contributed by atoms with Gasteiger partial charge in [-0.1, -0.05) is 6.92 Å². The molecule has 1 N–H and O–H groups in total. The summed E-state index contributed by atoms with van der Waals surface area (Å²) in [5.41, 5.74) is 0.760. The molecule has 1 amide bonds. The van der Waals surface area contributed by atoms with E-state index >= 15 is 0 Å². The van der Waals surface area contributed by atoms with Crippen LogP contribution in [0.4, 0.5) is 10.8 Å². The van der Waals surface area contributed by atoms with E-state index in [-0.39, 0.29) is 11.3 Å². The van der Waals surface area contributed by atoms with Crippen LogP contribution in [-0.2, 0) is 6.54 Å². The maximum absolute atomic E-state index is 12.6. The maximum atomic E-state index is 12.6. The number of rotatable bonds is 6. The summed E-state index contributed by atoms with van der Waals surface area (Å²) in [5, 5.41) is 16.3. The van der Waals surface area contributed by atoms with Crippen LogP contribution >= 0.6 is 23.1 Å². The van der Waals surface area contributed by atoms with Crippen LogP contribution < -0.4 is 5.32 Å². The van der Waals surface area contributed by atoms with Crippen LogP contribution in [0.3, 0.4) is 0 Å². The third-order valence-corrected chi connectivity index (χ3v) is 6.21. The van der Waals surface area contributed by atoms with Crippen LogP contribution in [0.5, 0.6) is 0 Å². The predicted octanol–water partition coefficient (Wildman–Crippen LogP) is 4.26. The number of amides is 1. The second kappa shape index (κ2) is 8.81. The standard InChI is InChI=1S/C18H22N4O3S2/c1-12-5-7-21(8-6-12)10-13-11-27-18(19-13)20-17(23)15-9-14(26-2)3-4-16(15)22(24)25/h3-4,9,11-12H,5-8,10H2,1-2H3,(H,19,20,23). The van der Waals surface area contributed by atoms with Gasteiger partial charge in [-0.3, -0.25) is 25.1 Å². The van der Waals surface area contributed by atoms with Gasteiger partial charge in [0.15, 0.2) is 5.13 Å². The molecular formula is C18H22N4O3S2. The van der Waals surface area contributed by atoms with E-state index in [0.29, 0.717) is 5.13 Å². The maximum Gasteiger partial charge on any atom is 0.282 e. The van der Waals surface area contributed by atoms with Crippen molar-refractivity contribution < 1.29 is 9.72 Å². The normalized spacial score (nSPS) is 15.6. The van der Waals surface area contributed by atoms with Crippen molar-refractivity contribution in [2.75, 3.05) is 24.7 Å². The lowest BCUT2D eigenvalue weighted by Gasteiger charge is -2.29. The Bertz CT molecular complexity index is 832. The van der Waals surface area contributed by atoms with Crippen molar-refractivity contribution in [2.24, 2.45) is 5.92 Å². The molecule has 2 heterocycles. The van der Waals surface area contributed by atoms with Crippen LogP contribution in [0.25, 0.3) is 0 Å². The molecule has 1 aromatic carbocycles. The highest BCUT2D eigenvalue weighted by Gasteiger charge is 2.22. The summed E-state index contributed by atoms with van der Waals surface area (Å²) in [7, 11) is 0. The van der Waals surface area contributed by atoms with Gasteiger partial charge >= 0.3 is 0 Å². The number of carbonyl (C=O) groups excluding carboxylic acids is 1. The minimum absolute atomic E-state index is 0.0496. The quantitative estimate of drug-likeness (QED) is 0.438. The van der Waals surface area contributed by atoms with Gasteiger partial charge in [-0.2, -0.15) is 0 Å². The number of piperidine rings is 1. The third-order valence-electron chi connectivity index (χ3n) is 4.68. The first kappa shape index (κ1) is 19.8. The number of benzene rings is 1. The molecule has 0 aliphatic carbocycles. The number of nitrogens with zero attached hydrogens (tertiary/aromatic N) is 3. The molecular weight excluding hydrogens is 384 g/mol. The molecule has 0 unspecified atom stereocenters. The number of anilines is 1. The zero-order valence-corrected chi connectivity index (χ0v) is 16.9. The fraction of sp³-hybridized carbons (Fsp3) is 0.444. The molecule has 27 heavy (non-hydrogen) atoms. The van der Waals surface area contributed by atoms with Gasteiger partial charge in [0, 0.05) is 22.9 Å². The van der Waals surface area contributed by atoms with E-state index < -0.39 is 10.8 Å². The second-order valence-corrected chi connectivity index (χ2v) is 8.43.